The highest BCUT2D eigenvalue weighted by molar-refractivity contribution is 5.84. The Hall–Kier alpha value is -2.55. The summed E-state index contributed by atoms with van der Waals surface area (Å²) in [7, 11) is 0. The fraction of sp³-hybridized carbons (Fsp3) is 0.444. The number of halogens is 3. The summed E-state index contributed by atoms with van der Waals surface area (Å²) < 4.78 is 42.1. The zero-order chi connectivity index (χ0) is 19.3. The maximum Gasteiger partial charge on any atom is 0.573 e. The van der Waals surface area contributed by atoms with Gasteiger partial charge in [0.25, 0.3) is 0 Å². The van der Waals surface area contributed by atoms with Gasteiger partial charge < -0.3 is 15.4 Å². The standard InChI is InChI=1S/C18H21F3N4O2/c19-18(20,21)27-15-4-2-14(3-5-15)6-10-23-16(26)17(7-11-22-12-8-17)25-13-1-9-24-25/h1-5,9,13,22H,6-8,10-12H2,(H,23,26). The van der Waals surface area contributed by atoms with Crippen molar-refractivity contribution in [3.8, 4) is 5.75 Å². The van der Waals surface area contributed by atoms with Crippen LogP contribution in [0.5, 0.6) is 5.75 Å². The topological polar surface area (TPSA) is 68.2 Å². The summed E-state index contributed by atoms with van der Waals surface area (Å²) >= 11 is 0. The van der Waals surface area contributed by atoms with Crippen molar-refractivity contribution in [1.82, 2.24) is 20.4 Å². The molecular weight excluding hydrogens is 361 g/mol. The lowest BCUT2D eigenvalue weighted by atomic mass is 9.87. The Morgan fingerprint density at radius 2 is 1.96 bits per heavy atom. The van der Waals surface area contributed by atoms with Crippen LogP contribution in [-0.4, -0.2) is 41.7 Å². The van der Waals surface area contributed by atoms with Crippen molar-refractivity contribution in [2.45, 2.75) is 31.2 Å². The predicted octanol–water partition coefficient (Wildman–Crippen LogP) is 2.22. The second-order valence-corrected chi connectivity index (χ2v) is 6.43. The third kappa shape index (κ3) is 4.79. The van der Waals surface area contributed by atoms with Gasteiger partial charge in [0.05, 0.1) is 0 Å². The quantitative estimate of drug-likeness (QED) is 0.804. The normalized spacial score (nSPS) is 16.7. The third-order valence-corrected chi connectivity index (χ3v) is 4.65. The number of amides is 1. The van der Waals surface area contributed by atoms with Gasteiger partial charge in [-0.3, -0.25) is 9.48 Å². The molecule has 0 atom stereocenters. The zero-order valence-corrected chi connectivity index (χ0v) is 14.6. The molecule has 1 aliphatic rings. The first-order valence-electron chi connectivity index (χ1n) is 8.73. The molecule has 0 spiro atoms. The van der Waals surface area contributed by atoms with Gasteiger partial charge in [-0.1, -0.05) is 12.1 Å². The van der Waals surface area contributed by atoms with E-state index in [-0.39, 0.29) is 11.7 Å². The lowest BCUT2D eigenvalue weighted by Crippen LogP contribution is -2.54. The van der Waals surface area contributed by atoms with E-state index < -0.39 is 11.9 Å². The van der Waals surface area contributed by atoms with Gasteiger partial charge in [-0.15, -0.1) is 13.2 Å². The molecule has 1 aromatic carbocycles. The Kier molecular flexibility index (Phi) is 5.69. The summed E-state index contributed by atoms with van der Waals surface area (Å²) in [6.07, 6.45) is 0.538. The van der Waals surface area contributed by atoms with E-state index in [0.717, 1.165) is 18.7 Å². The number of piperidine rings is 1. The van der Waals surface area contributed by atoms with Gasteiger partial charge in [-0.05, 0) is 56.1 Å². The fourth-order valence-electron chi connectivity index (χ4n) is 3.27. The molecule has 1 saturated heterocycles. The van der Waals surface area contributed by atoms with Crippen LogP contribution in [0, 0.1) is 0 Å². The van der Waals surface area contributed by atoms with E-state index in [2.05, 4.69) is 20.5 Å². The SMILES string of the molecule is O=C(NCCc1ccc(OC(F)(F)F)cc1)C1(n2cccn2)CCNCC1. The summed E-state index contributed by atoms with van der Waals surface area (Å²) in [5.74, 6) is -0.354. The average Bonchev–Trinajstić information content (AvgIpc) is 3.17. The van der Waals surface area contributed by atoms with Gasteiger partial charge in [0, 0.05) is 18.9 Å². The molecule has 2 N–H and O–H groups in total. The number of nitrogens with one attached hydrogen (secondary N) is 2. The Bertz CT molecular complexity index is 739. The molecule has 0 unspecified atom stereocenters. The number of ether oxygens (including phenoxy) is 1. The van der Waals surface area contributed by atoms with Crippen LogP contribution >= 0.6 is 0 Å². The van der Waals surface area contributed by atoms with Gasteiger partial charge in [-0.25, -0.2) is 0 Å². The summed E-state index contributed by atoms with van der Waals surface area (Å²) in [4.78, 5) is 12.9. The Labute approximate surface area is 154 Å². The molecule has 1 amide bonds. The van der Waals surface area contributed by atoms with Crippen molar-refractivity contribution in [3.05, 3.63) is 48.3 Å². The molecular formula is C18H21F3N4O2. The number of aromatic nitrogens is 2. The van der Waals surface area contributed by atoms with Gasteiger partial charge in [0.15, 0.2) is 0 Å². The highest BCUT2D eigenvalue weighted by Crippen LogP contribution is 2.27. The van der Waals surface area contributed by atoms with Crippen LogP contribution in [0.2, 0.25) is 0 Å². The molecule has 3 rings (SSSR count). The number of hydrogen-bond donors (Lipinski definition) is 2. The smallest absolute Gasteiger partial charge is 0.406 e. The number of carbonyl (C=O) groups is 1. The molecule has 1 aromatic heterocycles. The van der Waals surface area contributed by atoms with Crippen LogP contribution in [0.1, 0.15) is 18.4 Å². The van der Waals surface area contributed by atoms with Crippen molar-refractivity contribution in [2.75, 3.05) is 19.6 Å². The molecule has 0 radical (unpaired) electrons. The van der Waals surface area contributed by atoms with Crippen molar-refractivity contribution >= 4 is 5.91 Å². The van der Waals surface area contributed by atoms with Crippen molar-refractivity contribution in [2.24, 2.45) is 0 Å². The summed E-state index contributed by atoms with van der Waals surface area (Å²) in [5.41, 5.74) is 0.0994. The predicted molar refractivity (Wildman–Crippen MR) is 92.1 cm³/mol. The minimum Gasteiger partial charge on any atom is -0.406 e. The zero-order valence-electron chi connectivity index (χ0n) is 14.6. The van der Waals surface area contributed by atoms with Gasteiger partial charge >= 0.3 is 6.36 Å². The molecule has 1 aliphatic heterocycles. The van der Waals surface area contributed by atoms with E-state index in [1.807, 2.05) is 0 Å². The molecule has 2 heterocycles. The Morgan fingerprint density at radius 3 is 2.56 bits per heavy atom. The van der Waals surface area contributed by atoms with E-state index in [9.17, 15) is 18.0 Å². The van der Waals surface area contributed by atoms with Gasteiger partial charge in [-0.2, -0.15) is 5.10 Å². The average molecular weight is 382 g/mol. The molecule has 27 heavy (non-hydrogen) atoms. The summed E-state index contributed by atoms with van der Waals surface area (Å²) in [5, 5.41) is 10.5. The number of rotatable bonds is 6. The fourth-order valence-corrected chi connectivity index (χ4v) is 3.27. The first kappa shape index (κ1) is 19.2. The van der Waals surface area contributed by atoms with Gasteiger partial charge in [0.2, 0.25) is 5.91 Å². The maximum atomic E-state index is 12.9. The molecule has 6 nitrogen and oxygen atoms in total. The van der Waals surface area contributed by atoms with Crippen LogP contribution in [0.3, 0.4) is 0 Å². The van der Waals surface area contributed by atoms with E-state index in [1.54, 1.807) is 35.3 Å². The lowest BCUT2D eigenvalue weighted by Gasteiger charge is -2.36. The highest BCUT2D eigenvalue weighted by atomic mass is 19.4. The first-order chi connectivity index (χ1) is 12.9. The molecule has 146 valence electrons. The number of carbonyl (C=O) groups excluding carboxylic acids is 1. The molecule has 9 heteroatoms. The minimum atomic E-state index is -4.70. The van der Waals surface area contributed by atoms with Crippen LogP contribution in [-0.2, 0) is 16.8 Å². The number of benzene rings is 1. The van der Waals surface area contributed by atoms with Crippen LogP contribution in [0.4, 0.5) is 13.2 Å². The molecule has 1 fully saturated rings. The second-order valence-electron chi connectivity index (χ2n) is 6.43. The summed E-state index contributed by atoms with van der Waals surface area (Å²) in [6, 6.07) is 7.44. The molecule has 0 saturated carbocycles. The third-order valence-electron chi connectivity index (χ3n) is 4.65. The number of hydrogen-bond acceptors (Lipinski definition) is 4. The van der Waals surface area contributed by atoms with E-state index in [4.69, 9.17) is 0 Å². The largest absolute Gasteiger partial charge is 0.573 e. The minimum absolute atomic E-state index is 0.0928. The second kappa shape index (κ2) is 7.99. The molecule has 0 bridgehead atoms. The van der Waals surface area contributed by atoms with E-state index in [1.165, 1.54) is 12.1 Å². The van der Waals surface area contributed by atoms with Crippen molar-refractivity contribution in [1.29, 1.82) is 0 Å². The Balaban J connectivity index is 1.57. The number of nitrogens with zero attached hydrogens (tertiary/aromatic N) is 2. The highest BCUT2D eigenvalue weighted by Gasteiger charge is 2.41. The lowest BCUT2D eigenvalue weighted by molar-refractivity contribution is -0.274. The summed E-state index contributed by atoms with van der Waals surface area (Å²) in [6.45, 7) is 1.84. The first-order valence-corrected chi connectivity index (χ1v) is 8.73. The van der Waals surface area contributed by atoms with Crippen LogP contribution in [0.15, 0.2) is 42.7 Å². The van der Waals surface area contributed by atoms with E-state index >= 15 is 0 Å². The molecule has 0 aliphatic carbocycles. The van der Waals surface area contributed by atoms with Crippen molar-refractivity contribution < 1.29 is 22.7 Å². The maximum absolute atomic E-state index is 12.9. The van der Waals surface area contributed by atoms with E-state index in [0.29, 0.717) is 25.8 Å². The monoisotopic (exact) mass is 382 g/mol. The number of alkyl halides is 3. The van der Waals surface area contributed by atoms with Crippen LogP contribution in [0.25, 0.3) is 0 Å². The van der Waals surface area contributed by atoms with Crippen molar-refractivity contribution in [3.63, 3.8) is 0 Å². The van der Waals surface area contributed by atoms with Gasteiger partial charge in [0.1, 0.15) is 11.3 Å². The Morgan fingerprint density at radius 1 is 1.26 bits per heavy atom. The molecule has 2 aromatic rings. The van der Waals surface area contributed by atoms with Crippen LogP contribution < -0.4 is 15.4 Å².